The molecule has 9 atom stereocenters. The molecule has 0 radical (unpaired) electrons. The average Bonchev–Trinajstić information content (AvgIpc) is 3.22. The molecule has 0 bridgehead atoms. The van der Waals surface area contributed by atoms with Crippen molar-refractivity contribution >= 4 is 0 Å². The third-order valence-electron chi connectivity index (χ3n) is 11.8. The number of rotatable bonds is 8. The van der Waals surface area contributed by atoms with Crippen molar-refractivity contribution in [2.45, 2.75) is 118 Å². The summed E-state index contributed by atoms with van der Waals surface area (Å²) in [6.45, 7) is 13.2. The molecule has 0 spiro atoms. The maximum atomic E-state index is 10.3. The molecule has 4 aliphatic rings. The van der Waals surface area contributed by atoms with Gasteiger partial charge in [-0.25, -0.2) is 0 Å². The van der Waals surface area contributed by atoms with Gasteiger partial charge in [0.2, 0.25) is 0 Å². The molecule has 3 saturated carbocycles. The van der Waals surface area contributed by atoms with E-state index in [1.807, 2.05) is 0 Å². The topological polar surface area (TPSA) is 29.5 Å². The van der Waals surface area contributed by atoms with Crippen LogP contribution < -0.4 is 0 Å². The van der Waals surface area contributed by atoms with Gasteiger partial charge in [0.25, 0.3) is 0 Å². The van der Waals surface area contributed by atoms with Crippen LogP contribution in [-0.4, -0.2) is 17.3 Å². The highest BCUT2D eigenvalue weighted by Gasteiger charge is 2.59. The SMILES string of the molecule is CC(C)[C@@H](CC[C@@H](C)[C@H]1CC[C@H]2[C@@H]3CC=C4C[C@@H](O)CC[C@]4(C)[C@H]3CC[C@]12C)OCc1ccccc1. The number of allylic oxidation sites excluding steroid dienone is 1. The van der Waals surface area contributed by atoms with E-state index in [2.05, 4.69) is 71.0 Å². The first kappa shape index (κ1) is 26.5. The van der Waals surface area contributed by atoms with Gasteiger partial charge in [0.05, 0.1) is 18.8 Å². The lowest BCUT2D eigenvalue weighted by Gasteiger charge is -2.58. The minimum atomic E-state index is -0.0993. The van der Waals surface area contributed by atoms with Crippen LogP contribution in [0.1, 0.15) is 104 Å². The Labute approximate surface area is 221 Å². The second-order valence-electron chi connectivity index (χ2n) is 14.0. The summed E-state index contributed by atoms with van der Waals surface area (Å²) in [5, 5.41) is 10.3. The largest absolute Gasteiger partial charge is 0.393 e. The second-order valence-corrected chi connectivity index (χ2v) is 14.0. The zero-order valence-electron chi connectivity index (χ0n) is 23.7. The van der Waals surface area contributed by atoms with E-state index in [0.29, 0.717) is 22.9 Å². The third-order valence-corrected chi connectivity index (χ3v) is 11.8. The van der Waals surface area contributed by atoms with E-state index in [0.717, 1.165) is 49.0 Å². The molecule has 5 rings (SSSR count). The van der Waals surface area contributed by atoms with Gasteiger partial charge >= 0.3 is 0 Å². The van der Waals surface area contributed by atoms with Crippen LogP contribution in [0.15, 0.2) is 42.0 Å². The predicted molar refractivity (Wildman–Crippen MR) is 149 cm³/mol. The van der Waals surface area contributed by atoms with E-state index in [-0.39, 0.29) is 6.10 Å². The third kappa shape index (κ3) is 4.86. The highest BCUT2D eigenvalue weighted by atomic mass is 16.5. The summed E-state index contributed by atoms with van der Waals surface area (Å²) >= 11 is 0. The minimum Gasteiger partial charge on any atom is -0.393 e. The molecule has 0 aromatic heterocycles. The molecule has 36 heavy (non-hydrogen) atoms. The lowest BCUT2D eigenvalue weighted by atomic mass is 9.47. The van der Waals surface area contributed by atoms with E-state index in [4.69, 9.17) is 4.74 Å². The number of benzene rings is 1. The molecule has 1 aromatic carbocycles. The van der Waals surface area contributed by atoms with Crippen molar-refractivity contribution in [2.75, 3.05) is 0 Å². The van der Waals surface area contributed by atoms with Gasteiger partial charge in [-0.2, -0.15) is 0 Å². The summed E-state index contributed by atoms with van der Waals surface area (Å²) in [6.07, 6.45) is 15.4. The highest BCUT2D eigenvalue weighted by molar-refractivity contribution is 5.25. The second kappa shape index (κ2) is 10.6. The van der Waals surface area contributed by atoms with Gasteiger partial charge in [0, 0.05) is 0 Å². The number of hydrogen-bond acceptors (Lipinski definition) is 2. The van der Waals surface area contributed by atoms with Crippen molar-refractivity contribution in [1.29, 1.82) is 0 Å². The van der Waals surface area contributed by atoms with E-state index in [1.54, 1.807) is 5.57 Å². The number of ether oxygens (including phenoxy) is 1. The van der Waals surface area contributed by atoms with Gasteiger partial charge in [-0.05, 0) is 116 Å². The van der Waals surface area contributed by atoms with E-state index in [1.165, 1.54) is 56.9 Å². The molecule has 1 N–H and O–H groups in total. The fraction of sp³-hybridized carbons (Fsp3) is 0.765. The summed E-state index contributed by atoms with van der Waals surface area (Å²) in [6, 6.07) is 10.6. The Bertz CT molecular complexity index is 905. The first-order valence-corrected chi connectivity index (χ1v) is 15.3. The molecular formula is C34H52O2. The molecule has 4 aliphatic carbocycles. The Hall–Kier alpha value is -1.12. The zero-order valence-corrected chi connectivity index (χ0v) is 23.7. The molecule has 0 saturated heterocycles. The molecular weight excluding hydrogens is 440 g/mol. The van der Waals surface area contributed by atoms with Crippen LogP contribution in [0.25, 0.3) is 0 Å². The van der Waals surface area contributed by atoms with Gasteiger partial charge < -0.3 is 9.84 Å². The number of aliphatic hydroxyl groups is 1. The van der Waals surface area contributed by atoms with Crippen molar-refractivity contribution in [3.8, 4) is 0 Å². The maximum absolute atomic E-state index is 10.3. The van der Waals surface area contributed by atoms with Crippen LogP contribution in [-0.2, 0) is 11.3 Å². The van der Waals surface area contributed by atoms with Gasteiger partial charge in [0.1, 0.15) is 0 Å². The summed E-state index contributed by atoms with van der Waals surface area (Å²) in [5.41, 5.74) is 3.75. The van der Waals surface area contributed by atoms with Crippen molar-refractivity contribution in [2.24, 2.45) is 46.3 Å². The van der Waals surface area contributed by atoms with Crippen molar-refractivity contribution < 1.29 is 9.84 Å². The zero-order chi connectivity index (χ0) is 25.5. The van der Waals surface area contributed by atoms with Crippen LogP contribution in [0.5, 0.6) is 0 Å². The quantitative estimate of drug-likeness (QED) is 0.368. The Kier molecular flexibility index (Phi) is 7.77. The molecule has 3 fully saturated rings. The first-order valence-electron chi connectivity index (χ1n) is 15.3. The van der Waals surface area contributed by atoms with Crippen LogP contribution in [0.4, 0.5) is 0 Å². The van der Waals surface area contributed by atoms with Crippen LogP contribution in [0, 0.1) is 46.3 Å². The molecule has 0 heterocycles. The summed E-state index contributed by atoms with van der Waals surface area (Å²) in [5.74, 6) is 4.78. The Morgan fingerprint density at radius 1 is 0.944 bits per heavy atom. The fourth-order valence-electron chi connectivity index (χ4n) is 9.63. The fourth-order valence-corrected chi connectivity index (χ4v) is 9.63. The number of aliphatic hydroxyl groups excluding tert-OH is 1. The highest BCUT2D eigenvalue weighted by Crippen LogP contribution is 2.67. The standard InChI is InChI=1S/C34H52O2/c1-23(2)32(36-22-25-9-7-6-8-10-25)16-11-24(3)29-14-15-30-28-13-12-26-21-27(35)17-19-33(26,4)31(28)18-20-34(29,30)5/h6-10,12,23-24,27-32,35H,11,13-22H2,1-5H3/t24-,27+,28+,29-,30+,31+,32-,33+,34-/m1/s1. The van der Waals surface area contributed by atoms with Gasteiger partial charge in [-0.3, -0.25) is 0 Å². The minimum absolute atomic E-state index is 0.0993. The summed E-state index contributed by atoms with van der Waals surface area (Å²) in [7, 11) is 0. The number of hydrogen-bond donors (Lipinski definition) is 1. The summed E-state index contributed by atoms with van der Waals surface area (Å²) < 4.78 is 6.45. The molecule has 0 aliphatic heterocycles. The van der Waals surface area contributed by atoms with Crippen LogP contribution in [0.2, 0.25) is 0 Å². The first-order chi connectivity index (χ1) is 17.2. The Morgan fingerprint density at radius 3 is 2.47 bits per heavy atom. The van der Waals surface area contributed by atoms with Crippen molar-refractivity contribution in [1.82, 2.24) is 0 Å². The maximum Gasteiger partial charge on any atom is 0.0720 e. The van der Waals surface area contributed by atoms with Gasteiger partial charge in [-0.15, -0.1) is 0 Å². The van der Waals surface area contributed by atoms with E-state index >= 15 is 0 Å². The average molecular weight is 493 g/mol. The Balaban J connectivity index is 1.22. The van der Waals surface area contributed by atoms with E-state index in [9.17, 15) is 5.11 Å². The Morgan fingerprint density at radius 2 is 1.72 bits per heavy atom. The van der Waals surface area contributed by atoms with Crippen LogP contribution in [0.3, 0.4) is 0 Å². The lowest BCUT2D eigenvalue weighted by Crippen LogP contribution is -2.50. The van der Waals surface area contributed by atoms with Crippen molar-refractivity contribution in [3.63, 3.8) is 0 Å². The predicted octanol–water partition coefficient (Wildman–Crippen LogP) is 8.58. The normalized spacial score (nSPS) is 39.6. The lowest BCUT2D eigenvalue weighted by molar-refractivity contribution is -0.0591. The monoisotopic (exact) mass is 492 g/mol. The van der Waals surface area contributed by atoms with Crippen LogP contribution >= 0.6 is 0 Å². The molecule has 0 amide bonds. The molecule has 2 heteroatoms. The molecule has 1 aromatic rings. The molecule has 0 unspecified atom stereocenters. The number of fused-ring (bicyclic) bond motifs is 5. The van der Waals surface area contributed by atoms with E-state index < -0.39 is 0 Å². The van der Waals surface area contributed by atoms with Gasteiger partial charge in [-0.1, -0.05) is 76.6 Å². The smallest absolute Gasteiger partial charge is 0.0720 e. The molecule has 200 valence electrons. The van der Waals surface area contributed by atoms with Crippen molar-refractivity contribution in [3.05, 3.63) is 47.5 Å². The summed E-state index contributed by atoms with van der Waals surface area (Å²) in [4.78, 5) is 0. The molecule has 2 nitrogen and oxygen atoms in total. The van der Waals surface area contributed by atoms with Gasteiger partial charge in [0.15, 0.2) is 0 Å².